The van der Waals surface area contributed by atoms with Gasteiger partial charge < -0.3 is 4.74 Å². The Hall–Kier alpha value is -1.79. The first-order chi connectivity index (χ1) is 12.4. The van der Waals surface area contributed by atoms with Gasteiger partial charge in [0, 0.05) is 17.2 Å². The Morgan fingerprint density at radius 3 is 2.73 bits per heavy atom. The van der Waals surface area contributed by atoms with Gasteiger partial charge in [0.25, 0.3) is 0 Å². The van der Waals surface area contributed by atoms with Gasteiger partial charge in [-0.1, -0.05) is 49.3 Å². The molecule has 0 bridgehead atoms. The summed E-state index contributed by atoms with van der Waals surface area (Å²) in [4.78, 5) is 31.6. The van der Waals surface area contributed by atoms with Gasteiger partial charge in [-0.2, -0.15) is 0 Å². The fourth-order valence-corrected chi connectivity index (χ4v) is 4.07. The molecule has 3 rings (SSSR count). The molecule has 2 aliphatic heterocycles. The van der Waals surface area contributed by atoms with Crippen LogP contribution in [-0.2, 0) is 14.3 Å². The summed E-state index contributed by atoms with van der Waals surface area (Å²) in [5.74, 6) is 0.456. The van der Waals surface area contributed by atoms with E-state index in [1.807, 2.05) is 26.0 Å². The summed E-state index contributed by atoms with van der Waals surface area (Å²) < 4.78 is 5.47. The van der Waals surface area contributed by atoms with Crippen molar-refractivity contribution in [2.75, 3.05) is 12.4 Å². The van der Waals surface area contributed by atoms with Crippen LogP contribution in [-0.4, -0.2) is 34.3 Å². The fourth-order valence-electron chi connectivity index (χ4n) is 2.94. The minimum atomic E-state index is -0.542. The smallest absolute Gasteiger partial charge is 0.338 e. The average Bonchev–Trinajstić information content (AvgIpc) is 2.59. The minimum absolute atomic E-state index is 0.0379. The quantitative estimate of drug-likeness (QED) is 0.721. The molecule has 2 aliphatic rings. The summed E-state index contributed by atoms with van der Waals surface area (Å²) in [5.41, 5.74) is 1.81. The molecule has 1 atom stereocenters. The molecule has 0 N–H and O–H groups in total. The van der Waals surface area contributed by atoms with Crippen LogP contribution in [0.2, 0.25) is 5.02 Å². The number of amidine groups is 1. The van der Waals surface area contributed by atoms with E-state index in [9.17, 15) is 9.59 Å². The molecule has 0 aliphatic carbocycles. The molecule has 1 aromatic carbocycles. The molecule has 5 nitrogen and oxygen atoms in total. The number of halogens is 1. The van der Waals surface area contributed by atoms with Crippen molar-refractivity contribution in [3.05, 3.63) is 46.1 Å². The lowest BCUT2D eigenvalue weighted by Crippen LogP contribution is -2.45. The van der Waals surface area contributed by atoms with Crippen molar-refractivity contribution < 1.29 is 14.3 Å². The fraction of sp³-hybridized carbons (Fsp3) is 0.421. The SMILES string of the molecule is CC1=C(C(=O)OCC(C)C)[C@@H](c2ccc(Cl)cc2)N2C(=O)CCSC2=N1. The number of carbonyl (C=O) groups excluding carboxylic acids is 2. The second-order valence-corrected chi connectivity index (χ2v) is 8.20. The average molecular weight is 393 g/mol. The number of aliphatic imine (C=N–C) groups is 1. The van der Waals surface area contributed by atoms with Gasteiger partial charge in [0.15, 0.2) is 5.17 Å². The lowest BCUT2D eigenvalue weighted by Gasteiger charge is -2.39. The number of hydrogen-bond acceptors (Lipinski definition) is 5. The van der Waals surface area contributed by atoms with Gasteiger partial charge in [0.05, 0.1) is 23.9 Å². The molecular weight excluding hydrogens is 372 g/mol. The second kappa shape index (κ2) is 7.84. The van der Waals surface area contributed by atoms with E-state index in [0.29, 0.717) is 40.2 Å². The molecule has 26 heavy (non-hydrogen) atoms. The number of nitrogens with zero attached hydrogens (tertiary/aromatic N) is 2. The van der Waals surface area contributed by atoms with Crippen molar-refractivity contribution in [2.45, 2.75) is 33.2 Å². The maximum atomic E-state index is 12.8. The Labute approximate surface area is 162 Å². The third-order valence-corrected chi connectivity index (χ3v) is 5.37. The number of rotatable bonds is 4. The van der Waals surface area contributed by atoms with Gasteiger partial charge >= 0.3 is 5.97 Å². The molecule has 2 heterocycles. The van der Waals surface area contributed by atoms with E-state index < -0.39 is 12.0 Å². The van der Waals surface area contributed by atoms with Crippen molar-refractivity contribution in [3.63, 3.8) is 0 Å². The van der Waals surface area contributed by atoms with E-state index in [1.165, 1.54) is 11.8 Å². The molecule has 0 saturated carbocycles. The standard InChI is InChI=1S/C19H21ClN2O3S/c1-11(2)10-25-18(24)16-12(3)21-19-22(15(23)8-9-26-19)17(16)13-4-6-14(20)7-5-13/h4-7,11,17H,8-10H2,1-3H3/t17-/m1/s1. The first-order valence-corrected chi connectivity index (χ1v) is 9.91. The number of amides is 1. The third kappa shape index (κ3) is 3.81. The number of hydrogen-bond donors (Lipinski definition) is 0. The number of fused-ring (bicyclic) bond motifs is 1. The Morgan fingerprint density at radius 1 is 1.38 bits per heavy atom. The van der Waals surface area contributed by atoms with Crippen molar-refractivity contribution >= 4 is 40.4 Å². The number of thioether (sulfide) groups is 1. The zero-order valence-electron chi connectivity index (χ0n) is 15.0. The summed E-state index contributed by atoms with van der Waals surface area (Å²) in [6, 6.07) is 6.66. The molecule has 0 aromatic heterocycles. The van der Waals surface area contributed by atoms with Gasteiger partial charge in [-0.15, -0.1) is 0 Å². The zero-order chi connectivity index (χ0) is 18.8. The Bertz CT molecular complexity index is 786. The maximum Gasteiger partial charge on any atom is 0.338 e. The van der Waals surface area contributed by atoms with Crippen LogP contribution in [0.4, 0.5) is 0 Å². The molecule has 7 heteroatoms. The summed E-state index contributed by atoms with van der Waals surface area (Å²) in [7, 11) is 0. The lowest BCUT2D eigenvalue weighted by atomic mass is 9.94. The van der Waals surface area contributed by atoms with Gasteiger partial charge in [0.1, 0.15) is 0 Å². The number of carbonyl (C=O) groups is 2. The predicted octanol–water partition coefficient (Wildman–Crippen LogP) is 4.19. The predicted molar refractivity (Wildman–Crippen MR) is 104 cm³/mol. The number of esters is 1. The molecule has 1 aromatic rings. The molecule has 1 fully saturated rings. The van der Waals surface area contributed by atoms with Crippen molar-refractivity contribution in [1.82, 2.24) is 4.90 Å². The molecule has 138 valence electrons. The van der Waals surface area contributed by atoms with E-state index in [2.05, 4.69) is 4.99 Å². The van der Waals surface area contributed by atoms with Crippen LogP contribution in [0.25, 0.3) is 0 Å². The van der Waals surface area contributed by atoms with E-state index in [1.54, 1.807) is 24.0 Å². The van der Waals surface area contributed by atoms with E-state index in [0.717, 1.165) is 5.56 Å². The summed E-state index contributed by atoms with van der Waals surface area (Å²) in [6.45, 7) is 6.07. The minimum Gasteiger partial charge on any atom is -0.462 e. The van der Waals surface area contributed by atoms with Crippen LogP contribution < -0.4 is 0 Å². The Morgan fingerprint density at radius 2 is 2.08 bits per heavy atom. The summed E-state index contributed by atoms with van der Waals surface area (Å²) in [5, 5.41) is 1.24. The highest BCUT2D eigenvalue weighted by Crippen LogP contribution is 2.40. The Kier molecular flexibility index (Phi) is 5.73. The summed E-state index contributed by atoms with van der Waals surface area (Å²) in [6.07, 6.45) is 0.418. The first kappa shape index (κ1) is 19.0. The Balaban J connectivity index is 2.06. The highest BCUT2D eigenvalue weighted by atomic mass is 35.5. The normalized spacial score (nSPS) is 20.2. The molecule has 0 radical (unpaired) electrons. The number of ether oxygens (including phenoxy) is 1. The third-order valence-electron chi connectivity index (χ3n) is 4.16. The highest BCUT2D eigenvalue weighted by Gasteiger charge is 2.41. The first-order valence-electron chi connectivity index (χ1n) is 8.55. The van der Waals surface area contributed by atoms with E-state index in [-0.39, 0.29) is 11.8 Å². The molecule has 1 amide bonds. The van der Waals surface area contributed by atoms with Crippen LogP contribution in [0, 0.1) is 5.92 Å². The zero-order valence-corrected chi connectivity index (χ0v) is 16.6. The van der Waals surface area contributed by atoms with Gasteiger partial charge in [-0.25, -0.2) is 9.79 Å². The second-order valence-electron chi connectivity index (χ2n) is 6.70. The van der Waals surface area contributed by atoms with Crippen molar-refractivity contribution in [1.29, 1.82) is 0 Å². The number of allylic oxidation sites excluding steroid dienone is 1. The van der Waals surface area contributed by atoms with Gasteiger partial charge in [0.2, 0.25) is 5.91 Å². The molecule has 0 spiro atoms. The summed E-state index contributed by atoms with van der Waals surface area (Å²) >= 11 is 7.55. The van der Waals surface area contributed by atoms with Crippen molar-refractivity contribution in [2.24, 2.45) is 10.9 Å². The van der Waals surface area contributed by atoms with E-state index >= 15 is 0 Å². The van der Waals surface area contributed by atoms with Crippen LogP contribution in [0.5, 0.6) is 0 Å². The van der Waals surface area contributed by atoms with E-state index in [4.69, 9.17) is 16.3 Å². The van der Waals surface area contributed by atoms with Gasteiger partial charge in [-0.05, 0) is 30.5 Å². The van der Waals surface area contributed by atoms with Crippen LogP contribution in [0.15, 0.2) is 40.5 Å². The molecule has 1 saturated heterocycles. The molecular formula is C19H21ClN2O3S. The van der Waals surface area contributed by atoms with Gasteiger partial charge in [-0.3, -0.25) is 9.69 Å². The highest BCUT2D eigenvalue weighted by molar-refractivity contribution is 8.14. The van der Waals surface area contributed by atoms with Crippen molar-refractivity contribution in [3.8, 4) is 0 Å². The number of benzene rings is 1. The molecule has 0 unspecified atom stereocenters. The van der Waals surface area contributed by atoms with Crippen LogP contribution in [0.3, 0.4) is 0 Å². The maximum absolute atomic E-state index is 12.8. The van der Waals surface area contributed by atoms with Crippen LogP contribution in [0.1, 0.15) is 38.8 Å². The van der Waals surface area contributed by atoms with Crippen LogP contribution >= 0.6 is 23.4 Å². The lowest BCUT2D eigenvalue weighted by molar-refractivity contribution is -0.141. The topological polar surface area (TPSA) is 59.0 Å². The monoisotopic (exact) mass is 392 g/mol. The largest absolute Gasteiger partial charge is 0.462 e.